The number of rotatable bonds is 10. The van der Waals surface area contributed by atoms with E-state index in [0.29, 0.717) is 12.5 Å². The molecule has 0 amide bonds. The zero-order valence-corrected chi connectivity index (χ0v) is 17.6. The highest BCUT2D eigenvalue weighted by Gasteiger charge is 2.38. The van der Waals surface area contributed by atoms with E-state index in [1.165, 1.54) is 12.1 Å². The molecule has 1 heterocycles. The maximum absolute atomic E-state index is 12.9. The van der Waals surface area contributed by atoms with Crippen molar-refractivity contribution in [3.8, 4) is 5.75 Å². The minimum absolute atomic E-state index is 0.0258. The maximum Gasteiger partial charge on any atom is 0.526 e. The molecule has 1 aromatic carbocycles. The molecule has 0 aliphatic carbocycles. The molecule has 0 unspecified atom stereocenters. The zero-order valence-electron chi connectivity index (χ0n) is 17.6. The van der Waals surface area contributed by atoms with E-state index in [0.717, 1.165) is 0 Å². The predicted octanol–water partition coefficient (Wildman–Crippen LogP) is 3.87. The number of fused-ring (bicyclic) bond motifs is 1. The van der Waals surface area contributed by atoms with E-state index in [9.17, 15) is 41.4 Å². The van der Waals surface area contributed by atoms with Gasteiger partial charge in [-0.2, -0.15) is 13.2 Å². The molecule has 0 radical (unpaired) electrons. The minimum atomic E-state index is -4.53. The van der Waals surface area contributed by atoms with Gasteiger partial charge in [0.15, 0.2) is 0 Å². The van der Waals surface area contributed by atoms with Crippen molar-refractivity contribution < 1.29 is 55.5 Å². The molecule has 1 aliphatic heterocycles. The standard InChI is InChI=1S/C20H22BF5O7/c1-19(22,23)7-5-14(27)10-13-9-12-3-2-4-15(17(12)33-21(13)30)18(29)32-11-31-16(28)6-8-20(24,25)26/h2-4,13,30H,5-11H2,1H3/t13-/m1/s1. The Balaban J connectivity index is 1.93. The number of hydrogen-bond donors (Lipinski definition) is 1. The van der Waals surface area contributed by atoms with Gasteiger partial charge in [-0.15, -0.1) is 0 Å². The summed E-state index contributed by atoms with van der Waals surface area (Å²) in [6.45, 7) is -0.208. The number of ketones is 1. The third-order valence-corrected chi connectivity index (χ3v) is 4.80. The first-order chi connectivity index (χ1) is 15.2. The molecule has 0 spiro atoms. The number of carbonyl (C=O) groups excluding carboxylic acids is 3. The molecule has 33 heavy (non-hydrogen) atoms. The Labute approximate surface area is 186 Å². The fraction of sp³-hybridized carbons (Fsp3) is 0.550. The molecule has 7 nitrogen and oxygen atoms in total. The van der Waals surface area contributed by atoms with E-state index in [-0.39, 0.29) is 30.6 Å². The Hall–Kier alpha value is -2.70. The van der Waals surface area contributed by atoms with Gasteiger partial charge in [-0.25, -0.2) is 13.6 Å². The number of alkyl halides is 5. The summed E-state index contributed by atoms with van der Waals surface area (Å²) in [5.41, 5.74) is 0.323. The van der Waals surface area contributed by atoms with E-state index in [2.05, 4.69) is 4.74 Å². The van der Waals surface area contributed by atoms with Crippen LogP contribution < -0.4 is 4.65 Å². The third kappa shape index (κ3) is 8.99. The molecular weight excluding hydrogens is 458 g/mol. The molecule has 1 N–H and O–H groups in total. The largest absolute Gasteiger partial charge is 0.535 e. The Morgan fingerprint density at radius 1 is 1.12 bits per heavy atom. The predicted molar refractivity (Wildman–Crippen MR) is 104 cm³/mol. The summed E-state index contributed by atoms with van der Waals surface area (Å²) in [5.74, 6) is -6.39. The molecule has 1 aromatic rings. The van der Waals surface area contributed by atoms with Crippen LogP contribution in [-0.4, -0.2) is 48.8 Å². The number of para-hydroxylation sites is 1. The molecule has 0 saturated heterocycles. The van der Waals surface area contributed by atoms with Crippen molar-refractivity contribution in [2.75, 3.05) is 6.79 Å². The van der Waals surface area contributed by atoms with Gasteiger partial charge in [-0.05, 0) is 25.0 Å². The fourth-order valence-electron chi connectivity index (χ4n) is 3.11. The SMILES string of the molecule is CC(F)(F)CCC(=O)C[C@H]1Cc2cccc(C(=O)OCOC(=O)CCC(F)(F)F)c2OB1O. The van der Waals surface area contributed by atoms with Crippen LogP contribution in [0.2, 0.25) is 5.82 Å². The second-order valence-corrected chi connectivity index (χ2v) is 7.76. The first kappa shape index (κ1) is 26.6. The van der Waals surface area contributed by atoms with Crippen molar-refractivity contribution in [1.29, 1.82) is 0 Å². The van der Waals surface area contributed by atoms with Gasteiger partial charge in [-0.3, -0.25) is 9.59 Å². The zero-order chi connectivity index (χ0) is 24.8. The van der Waals surface area contributed by atoms with Crippen LogP contribution in [0.5, 0.6) is 5.75 Å². The number of esters is 2. The molecule has 1 atom stereocenters. The molecular formula is C20H22BF5O7. The molecule has 13 heteroatoms. The van der Waals surface area contributed by atoms with E-state index in [4.69, 9.17) is 9.39 Å². The maximum atomic E-state index is 12.9. The fourth-order valence-corrected chi connectivity index (χ4v) is 3.11. The molecule has 1 aliphatic rings. The number of halogens is 5. The van der Waals surface area contributed by atoms with Crippen LogP contribution >= 0.6 is 0 Å². The monoisotopic (exact) mass is 480 g/mol. The Bertz CT molecular complexity index is 869. The molecule has 0 aromatic heterocycles. The van der Waals surface area contributed by atoms with Crippen LogP contribution in [0.4, 0.5) is 22.0 Å². The number of ether oxygens (including phenoxy) is 2. The summed E-state index contributed by atoms with van der Waals surface area (Å²) in [4.78, 5) is 35.5. The Morgan fingerprint density at radius 2 is 1.82 bits per heavy atom. The summed E-state index contributed by atoms with van der Waals surface area (Å²) in [5, 5.41) is 10.2. The lowest BCUT2D eigenvalue weighted by atomic mass is 9.64. The van der Waals surface area contributed by atoms with Crippen molar-refractivity contribution in [2.45, 2.75) is 63.4 Å². The van der Waals surface area contributed by atoms with E-state index >= 15 is 0 Å². The van der Waals surface area contributed by atoms with Gasteiger partial charge in [0.05, 0.1) is 12.8 Å². The lowest BCUT2D eigenvalue weighted by Crippen LogP contribution is -2.36. The summed E-state index contributed by atoms with van der Waals surface area (Å²) in [6, 6.07) is 4.35. The van der Waals surface area contributed by atoms with Crippen molar-refractivity contribution in [2.24, 2.45) is 0 Å². The number of Topliss-reactive ketones (excluding diaryl/α,β-unsaturated/α-hetero) is 1. The Morgan fingerprint density at radius 3 is 2.45 bits per heavy atom. The van der Waals surface area contributed by atoms with E-state index < -0.39 is 68.8 Å². The molecule has 0 bridgehead atoms. The Kier molecular flexibility index (Phi) is 8.81. The highest BCUT2D eigenvalue weighted by atomic mass is 19.4. The van der Waals surface area contributed by atoms with Crippen molar-refractivity contribution in [3.05, 3.63) is 29.3 Å². The van der Waals surface area contributed by atoms with Crippen LogP contribution in [0.1, 0.15) is 54.9 Å². The number of benzene rings is 1. The summed E-state index contributed by atoms with van der Waals surface area (Å²) in [7, 11) is -1.49. The molecule has 0 saturated carbocycles. The van der Waals surface area contributed by atoms with Gasteiger partial charge in [0.2, 0.25) is 12.7 Å². The van der Waals surface area contributed by atoms with Gasteiger partial charge in [0.1, 0.15) is 17.1 Å². The van der Waals surface area contributed by atoms with Gasteiger partial charge in [0.25, 0.3) is 0 Å². The van der Waals surface area contributed by atoms with Crippen molar-refractivity contribution in [1.82, 2.24) is 0 Å². The quantitative estimate of drug-likeness (QED) is 0.235. The highest BCUT2D eigenvalue weighted by molar-refractivity contribution is 6.47. The van der Waals surface area contributed by atoms with Gasteiger partial charge < -0.3 is 19.2 Å². The summed E-state index contributed by atoms with van der Waals surface area (Å²) in [6.07, 6.45) is -7.86. The first-order valence-corrected chi connectivity index (χ1v) is 10.0. The molecule has 0 fully saturated rings. The highest BCUT2D eigenvalue weighted by Crippen LogP contribution is 2.37. The van der Waals surface area contributed by atoms with Crippen molar-refractivity contribution >= 4 is 24.8 Å². The van der Waals surface area contributed by atoms with Crippen molar-refractivity contribution in [3.63, 3.8) is 0 Å². The topological polar surface area (TPSA) is 99.1 Å². The number of hydrogen-bond acceptors (Lipinski definition) is 7. The molecule has 182 valence electrons. The average Bonchev–Trinajstić information content (AvgIpc) is 2.70. The van der Waals surface area contributed by atoms with Gasteiger partial charge >= 0.3 is 25.2 Å². The van der Waals surface area contributed by atoms with Crippen LogP contribution in [0.25, 0.3) is 0 Å². The lowest BCUT2D eigenvalue weighted by molar-refractivity contribution is -0.163. The molecule has 2 rings (SSSR count). The third-order valence-electron chi connectivity index (χ3n) is 4.80. The van der Waals surface area contributed by atoms with Gasteiger partial charge in [-0.1, -0.05) is 12.1 Å². The summed E-state index contributed by atoms with van der Waals surface area (Å²) < 4.78 is 76.7. The second-order valence-electron chi connectivity index (χ2n) is 7.76. The van der Waals surface area contributed by atoms with Crippen LogP contribution in [0, 0.1) is 0 Å². The van der Waals surface area contributed by atoms with Gasteiger partial charge in [0, 0.05) is 25.1 Å². The van der Waals surface area contributed by atoms with E-state index in [1.54, 1.807) is 6.07 Å². The normalized spacial score (nSPS) is 16.0. The van der Waals surface area contributed by atoms with Crippen LogP contribution in [0.15, 0.2) is 18.2 Å². The first-order valence-electron chi connectivity index (χ1n) is 10.0. The number of carbonyl (C=O) groups is 3. The smallest absolute Gasteiger partial charge is 0.526 e. The second kappa shape index (κ2) is 10.9. The van der Waals surface area contributed by atoms with Crippen LogP contribution in [-0.2, 0) is 25.5 Å². The summed E-state index contributed by atoms with van der Waals surface area (Å²) >= 11 is 0. The minimum Gasteiger partial charge on any atom is -0.535 e. The van der Waals surface area contributed by atoms with E-state index in [1.807, 2.05) is 0 Å². The lowest BCUT2D eigenvalue weighted by Gasteiger charge is -2.28. The van der Waals surface area contributed by atoms with Crippen LogP contribution in [0.3, 0.4) is 0 Å². The average molecular weight is 480 g/mol.